The predicted molar refractivity (Wildman–Crippen MR) is 89.8 cm³/mol. The third-order valence-electron chi connectivity index (χ3n) is 3.34. The van der Waals surface area contributed by atoms with Gasteiger partial charge in [0.15, 0.2) is 5.82 Å². The maximum atomic E-state index is 12.2. The number of hydrogen-bond donors (Lipinski definition) is 2. The van der Waals surface area contributed by atoms with Gasteiger partial charge in [-0.25, -0.2) is 21.6 Å². The molecule has 0 atom stereocenters. The van der Waals surface area contributed by atoms with E-state index >= 15 is 0 Å². The molecule has 10 heteroatoms. The van der Waals surface area contributed by atoms with Crippen molar-refractivity contribution in [2.24, 2.45) is 0 Å². The molecule has 2 N–H and O–H groups in total. The molecule has 0 fully saturated rings. The van der Waals surface area contributed by atoms with Crippen LogP contribution in [0.1, 0.15) is 16.9 Å². The molecule has 2 aromatic rings. The van der Waals surface area contributed by atoms with Crippen LogP contribution in [0.4, 0.5) is 5.82 Å². The first-order valence-electron chi connectivity index (χ1n) is 7.10. The van der Waals surface area contributed by atoms with Gasteiger partial charge in [0.25, 0.3) is 0 Å². The van der Waals surface area contributed by atoms with Crippen molar-refractivity contribution in [3.63, 3.8) is 0 Å². The molecule has 24 heavy (non-hydrogen) atoms. The second kappa shape index (κ2) is 6.91. The van der Waals surface area contributed by atoms with E-state index in [9.17, 15) is 16.8 Å². The molecule has 0 radical (unpaired) electrons. The molecule has 1 heterocycles. The van der Waals surface area contributed by atoms with Crippen molar-refractivity contribution < 1.29 is 21.4 Å². The van der Waals surface area contributed by atoms with E-state index in [1.807, 2.05) is 13.8 Å². The second-order valence-corrected chi connectivity index (χ2v) is 9.00. The van der Waals surface area contributed by atoms with Gasteiger partial charge in [0, 0.05) is 12.6 Å². The molecule has 8 nitrogen and oxygen atoms in total. The Hall–Kier alpha value is -1.91. The number of sulfonamides is 2. The fourth-order valence-electron chi connectivity index (χ4n) is 1.90. The van der Waals surface area contributed by atoms with E-state index in [1.165, 1.54) is 12.1 Å². The van der Waals surface area contributed by atoms with Gasteiger partial charge in [0.2, 0.25) is 20.0 Å². The summed E-state index contributed by atoms with van der Waals surface area (Å²) in [6, 6.07) is 6.16. The van der Waals surface area contributed by atoms with Crippen LogP contribution in [-0.2, 0) is 20.0 Å². The van der Waals surface area contributed by atoms with Crippen molar-refractivity contribution in [2.75, 3.05) is 17.0 Å². The Labute approximate surface area is 141 Å². The Balaban J connectivity index is 1.98. The zero-order chi connectivity index (χ0) is 18.0. The molecule has 0 aliphatic rings. The zero-order valence-corrected chi connectivity index (χ0v) is 15.2. The average Bonchev–Trinajstić information content (AvgIpc) is 2.85. The summed E-state index contributed by atoms with van der Waals surface area (Å²) in [5.41, 5.74) is 1.82. The molecular formula is C14H19N3O5S2. The molecule has 0 saturated heterocycles. The Bertz CT molecular complexity index is 933. The summed E-state index contributed by atoms with van der Waals surface area (Å²) >= 11 is 0. The van der Waals surface area contributed by atoms with Crippen LogP contribution in [-0.4, -0.2) is 34.3 Å². The number of nitrogens with zero attached hydrogens (tertiary/aromatic N) is 1. The first kappa shape index (κ1) is 18.4. The van der Waals surface area contributed by atoms with E-state index in [2.05, 4.69) is 14.6 Å². The van der Waals surface area contributed by atoms with Crippen molar-refractivity contribution in [3.05, 3.63) is 41.2 Å². The summed E-state index contributed by atoms with van der Waals surface area (Å²) < 4.78 is 57.4. The molecule has 1 aromatic heterocycles. The predicted octanol–water partition coefficient (Wildman–Crippen LogP) is 1.32. The molecule has 1 aromatic carbocycles. The molecule has 0 saturated carbocycles. The van der Waals surface area contributed by atoms with Crippen LogP contribution in [0.2, 0.25) is 0 Å². The number of benzene rings is 1. The molecule has 132 valence electrons. The van der Waals surface area contributed by atoms with Crippen LogP contribution in [0.3, 0.4) is 0 Å². The first-order valence-corrected chi connectivity index (χ1v) is 10.2. The maximum absolute atomic E-state index is 12.2. The van der Waals surface area contributed by atoms with Crippen LogP contribution in [0.25, 0.3) is 0 Å². The number of hydrogen-bond acceptors (Lipinski definition) is 6. The molecule has 0 aliphatic carbocycles. The van der Waals surface area contributed by atoms with E-state index in [0.29, 0.717) is 5.76 Å². The SMILES string of the molecule is Cc1cc(NS(=O)(=O)CCNS(=O)(=O)c2ccc(C)c(C)c2)no1. The lowest BCUT2D eigenvalue weighted by Gasteiger charge is -2.09. The summed E-state index contributed by atoms with van der Waals surface area (Å²) in [5.74, 6) is 0.0934. The highest BCUT2D eigenvalue weighted by atomic mass is 32.2. The van der Waals surface area contributed by atoms with Gasteiger partial charge < -0.3 is 4.52 Å². The number of aromatic nitrogens is 1. The highest BCUT2D eigenvalue weighted by Crippen LogP contribution is 2.14. The van der Waals surface area contributed by atoms with Crippen LogP contribution >= 0.6 is 0 Å². The largest absolute Gasteiger partial charge is 0.360 e. The third kappa shape index (κ3) is 4.79. The van der Waals surface area contributed by atoms with Crippen molar-refractivity contribution in [2.45, 2.75) is 25.7 Å². The highest BCUT2D eigenvalue weighted by Gasteiger charge is 2.18. The fourth-order valence-corrected chi connectivity index (χ4v) is 4.03. The summed E-state index contributed by atoms with van der Waals surface area (Å²) in [5, 5.41) is 3.52. The number of nitrogens with one attached hydrogen (secondary N) is 2. The summed E-state index contributed by atoms with van der Waals surface area (Å²) in [4.78, 5) is 0.100. The normalized spacial score (nSPS) is 12.3. The van der Waals surface area contributed by atoms with Gasteiger partial charge >= 0.3 is 0 Å². The van der Waals surface area contributed by atoms with Gasteiger partial charge in [-0.2, -0.15) is 0 Å². The fraction of sp³-hybridized carbons (Fsp3) is 0.357. The standard InChI is InChI=1S/C14H19N3O5S2/c1-10-4-5-13(8-11(10)2)24(20,21)15-6-7-23(18,19)17-14-9-12(3)22-16-14/h4-5,8-9,15H,6-7H2,1-3H3,(H,16,17). The molecule has 0 amide bonds. The van der Waals surface area contributed by atoms with Crippen LogP contribution in [0, 0.1) is 20.8 Å². The number of anilines is 1. The van der Waals surface area contributed by atoms with Gasteiger partial charge in [-0.05, 0) is 44.0 Å². The molecule has 0 bridgehead atoms. The Kier molecular flexibility index (Phi) is 5.31. The van der Waals surface area contributed by atoms with Gasteiger partial charge in [-0.15, -0.1) is 0 Å². The van der Waals surface area contributed by atoms with E-state index < -0.39 is 25.8 Å². The summed E-state index contributed by atoms with van der Waals surface area (Å²) in [6.07, 6.45) is 0. The van der Waals surface area contributed by atoms with Crippen molar-refractivity contribution in [1.82, 2.24) is 9.88 Å². The minimum Gasteiger partial charge on any atom is -0.360 e. The van der Waals surface area contributed by atoms with Gasteiger partial charge in [-0.3, -0.25) is 4.72 Å². The van der Waals surface area contributed by atoms with Crippen LogP contribution in [0.5, 0.6) is 0 Å². The number of aryl methyl sites for hydroxylation is 3. The highest BCUT2D eigenvalue weighted by molar-refractivity contribution is 7.92. The smallest absolute Gasteiger partial charge is 0.240 e. The van der Waals surface area contributed by atoms with Gasteiger partial charge in [-0.1, -0.05) is 11.2 Å². The Morgan fingerprint density at radius 2 is 1.75 bits per heavy atom. The molecular weight excluding hydrogens is 354 g/mol. The summed E-state index contributed by atoms with van der Waals surface area (Å²) in [7, 11) is -7.51. The molecule has 0 spiro atoms. The van der Waals surface area contributed by atoms with Crippen molar-refractivity contribution in [3.8, 4) is 0 Å². The first-order chi connectivity index (χ1) is 11.1. The molecule has 0 aliphatic heterocycles. The lowest BCUT2D eigenvalue weighted by atomic mass is 10.1. The van der Waals surface area contributed by atoms with Gasteiger partial charge in [0.1, 0.15) is 5.76 Å². The van der Waals surface area contributed by atoms with E-state index in [1.54, 1.807) is 19.1 Å². The molecule has 2 rings (SSSR count). The lowest BCUT2D eigenvalue weighted by molar-refractivity contribution is 0.400. The van der Waals surface area contributed by atoms with Crippen molar-refractivity contribution >= 4 is 25.9 Å². The zero-order valence-electron chi connectivity index (χ0n) is 13.5. The Morgan fingerprint density at radius 1 is 1.04 bits per heavy atom. The second-order valence-electron chi connectivity index (χ2n) is 5.39. The van der Waals surface area contributed by atoms with Gasteiger partial charge in [0.05, 0.1) is 10.6 Å². The van der Waals surface area contributed by atoms with E-state index in [-0.39, 0.29) is 17.3 Å². The topological polar surface area (TPSA) is 118 Å². The average molecular weight is 373 g/mol. The van der Waals surface area contributed by atoms with E-state index in [0.717, 1.165) is 11.1 Å². The monoisotopic (exact) mass is 373 g/mol. The van der Waals surface area contributed by atoms with Crippen molar-refractivity contribution in [1.29, 1.82) is 0 Å². The van der Waals surface area contributed by atoms with Crippen LogP contribution < -0.4 is 9.44 Å². The number of rotatable bonds is 7. The van der Waals surface area contributed by atoms with E-state index in [4.69, 9.17) is 4.52 Å². The minimum absolute atomic E-state index is 0.0597. The lowest BCUT2D eigenvalue weighted by Crippen LogP contribution is -2.31. The Morgan fingerprint density at radius 3 is 2.33 bits per heavy atom. The summed E-state index contributed by atoms with van der Waals surface area (Å²) in [6.45, 7) is 5.05. The maximum Gasteiger partial charge on any atom is 0.240 e. The third-order valence-corrected chi connectivity index (χ3v) is 6.06. The minimum atomic E-state index is -3.77. The van der Waals surface area contributed by atoms with Crippen LogP contribution in [0.15, 0.2) is 33.7 Å². The quantitative estimate of drug-likeness (QED) is 0.756. The molecule has 0 unspecified atom stereocenters.